The minimum absolute atomic E-state index is 0.120. The van der Waals surface area contributed by atoms with Crippen molar-refractivity contribution < 1.29 is 9.13 Å². The zero-order valence-electron chi connectivity index (χ0n) is 10.8. The van der Waals surface area contributed by atoms with Crippen LogP contribution in [0.4, 0.5) is 4.39 Å². The maximum atomic E-state index is 13.3. The summed E-state index contributed by atoms with van der Waals surface area (Å²) in [5.74, 6) is 0.548. The average Bonchev–Trinajstić information content (AvgIpc) is 2.82. The van der Waals surface area contributed by atoms with E-state index in [9.17, 15) is 4.39 Å². The van der Waals surface area contributed by atoms with Gasteiger partial charge in [-0.3, -0.25) is 0 Å². The van der Waals surface area contributed by atoms with Crippen LogP contribution in [0.3, 0.4) is 0 Å². The van der Waals surface area contributed by atoms with Crippen LogP contribution in [0.15, 0.2) is 30.7 Å². The van der Waals surface area contributed by atoms with Crippen LogP contribution in [0.2, 0.25) is 0 Å². The third-order valence-electron chi connectivity index (χ3n) is 3.46. The van der Waals surface area contributed by atoms with E-state index < -0.39 is 0 Å². The van der Waals surface area contributed by atoms with Crippen LogP contribution < -0.4 is 10.1 Å². The SMILES string of the molecule is Cn1cncc1CN[C@@H]1CCOc2ccc(F)cc21. The molecule has 0 saturated heterocycles. The van der Waals surface area contributed by atoms with Crippen LogP contribution in [-0.4, -0.2) is 16.2 Å². The second-order valence-corrected chi connectivity index (χ2v) is 4.75. The fraction of sp³-hybridized carbons (Fsp3) is 0.357. The van der Waals surface area contributed by atoms with Crippen LogP contribution in [-0.2, 0) is 13.6 Å². The Labute approximate surface area is 111 Å². The standard InChI is InChI=1S/C14H16FN3O/c1-18-9-16-7-11(18)8-17-13-4-5-19-14-3-2-10(15)6-12(13)14/h2-3,6-7,9,13,17H,4-5,8H2,1H3/t13-/m1/s1. The predicted molar refractivity (Wildman–Crippen MR) is 69.3 cm³/mol. The molecule has 19 heavy (non-hydrogen) atoms. The van der Waals surface area contributed by atoms with Crippen LogP contribution >= 0.6 is 0 Å². The highest BCUT2D eigenvalue weighted by Gasteiger charge is 2.21. The molecule has 3 rings (SSSR count). The number of hydrogen-bond acceptors (Lipinski definition) is 3. The van der Waals surface area contributed by atoms with Gasteiger partial charge in [0.25, 0.3) is 0 Å². The monoisotopic (exact) mass is 261 g/mol. The lowest BCUT2D eigenvalue weighted by Crippen LogP contribution is -2.27. The lowest BCUT2D eigenvalue weighted by atomic mass is 10.0. The van der Waals surface area contributed by atoms with Gasteiger partial charge in [-0.2, -0.15) is 0 Å². The van der Waals surface area contributed by atoms with E-state index >= 15 is 0 Å². The number of hydrogen-bond donors (Lipinski definition) is 1. The van der Waals surface area contributed by atoms with E-state index in [4.69, 9.17) is 4.74 Å². The number of imidazole rings is 1. The van der Waals surface area contributed by atoms with Crippen molar-refractivity contribution in [1.82, 2.24) is 14.9 Å². The van der Waals surface area contributed by atoms with E-state index in [1.54, 1.807) is 18.5 Å². The Morgan fingerprint density at radius 1 is 1.53 bits per heavy atom. The summed E-state index contributed by atoms with van der Waals surface area (Å²) < 4.78 is 20.9. The van der Waals surface area contributed by atoms with Gasteiger partial charge in [-0.05, 0) is 18.2 Å². The molecule has 2 heterocycles. The molecule has 4 nitrogen and oxygen atoms in total. The highest BCUT2D eigenvalue weighted by atomic mass is 19.1. The maximum Gasteiger partial charge on any atom is 0.124 e. The minimum Gasteiger partial charge on any atom is -0.493 e. The first kappa shape index (κ1) is 12.2. The number of aromatic nitrogens is 2. The summed E-state index contributed by atoms with van der Waals surface area (Å²) >= 11 is 0. The fourth-order valence-electron chi connectivity index (χ4n) is 2.36. The molecular weight excluding hydrogens is 245 g/mol. The van der Waals surface area contributed by atoms with Gasteiger partial charge in [0.2, 0.25) is 0 Å². The van der Waals surface area contributed by atoms with E-state index in [1.807, 2.05) is 17.8 Å². The van der Waals surface area contributed by atoms with Crippen molar-refractivity contribution in [2.24, 2.45) is 7.05 Å². The van der Waals surface area contributed by atoms with Crippen LogP contribution in [0.5, 0.6) is 5.75 Å². The van der Waals surface area contributed by atoms with Crippen molar-refractivity contribution in [1.29, 1.82) is 0 Å². The summed E-state index contributed by atoms with van der Waals surface area (Å²) in [6.45, 7) is 1.36. The summed E-state index contributed by atoms with van der Waals surface area (Å²) in [6, 6.07) is 4.80. The Kier molecular flexibility index (Phi) is 3.21. The molecule has 0 saturated carbocycles. The smallest absolute Gasteiger partial charge is 0.124 e. The van der Waals surface area contributed by atoms with E-state index in [0.717, 1.165) is 23.4 Å². The molecule has 100 valence electrons. The zero-order chi connectivity index (χ0) is 13.2. The second-order valence-electron chi connectivity index (χ2n) is 4.75. The molecule has 0 amide bonds. The van der Waals surface area contributed by atoms with Gasteiger partial charge in [0.1, 0.15) is 11.6 Å². The summed E-state index contributed by atoms with van der Waals surface area (Å²) in [7, 11) is 1.96. The van der Waals surface area contributed by atoms with Crippen molar-refractivity contribution in [3.63, 3.8) is 0 Å². The maximum absolute atomic E-state index is 13.3. The third kappa shape index (κ3) is 2.46. The number of nitrogens with zero attached hydrogens (tertiary/aromatic N) is 2. The number of ether oxygens (including phenoxy) is 1. The van der Waals surface area contributed by atoms with Crippen molar-refractivity contribution >= 4 is 0 Å². The van der Waals surface area contributed by atoms with E-state index in [1.165, 1.54) is 6.07 Å². The summed E-state index contributed by atoms with van der Waals surface area (Å²) in [4.78, 5) is 4.08. The van der Waals surface area contributed by atoms with Crippen molar-refractivity contribution in [2.75, 3.05) is 6.61 Å². The van der Waals surface area contributed by atoms with Crippen molar-refractivity contribution in [3.8, 4) is 5.75 Å². The van der Waals surface area contributed by atoms with Gasteiger partial charge in [-0.25, -0.2) is 9.37 Å². The number of aryl methyl sites for hydroxylation is 1. The van der Waals surface area contributed by atoms with Gasteiger partial charge in [-0.15, -0.1) is 0 Å². The Bertz CT molecular complexity index is 582. The largest absolute Gasteiger partial charge is 0.493 e. The van der Waals surface area contributed by atoms with E-state index in [-0.39, 0.29) is 11.9 Å². The van der Waals surface area contributed by atoms with Crippen molar-refractivity contribution in [3.05, 3.63) is 47.8 Å². The summed E-state index contributed by atoms with van der Waals surface area (Å²) in [5, 5.41) is 3.44. The Balaban J connectivity index is 1.76. The van der Waals surface area contributed by atoms with Crippen molar-refractivity contribution in [2.45, 2.75) is 19.0 Å². The highest BCUT2D eigenvalue weighted by molar-refractivity contribution is 5.38. The summed E-state index contributed by atoms with van der Waals surface area (Å²) in [5.41, 5.74) is 2.00. The number of fused-ring (bicyclic) bond motifs is 1. The Morgan fingerprint density at radius 3 is 3.21 bits per heavy atom. The van der Waals surface area contributed by atoms with E-state index in [2.05, 4.69) is 10.3 Å². The second kappa shape index (κ2) is 5.01. The first-order valence-corrected chi connectivity index (χ1v) is 6.35. The molecule has 1 aromatic heterocycles. The molecule has 2 aromatic rings. The molecule has 0 unspecified atom stereocenters. The van der Waals surface area contributed by atoms with Crippen LogP contribution in [0.1, 0.15) is 23.7 Å². The van der Waals surface area contributed by atoms with Crippen LogP contribution in [0, 0.1) is 5.82 Å². The molecule has 1 atom stereocenters. The predicted octanol–water partition coefficient (Wildman–Crippen LogP) is 2.17. The van der Waals surface area contributed by atoms with Gasteiger partial charge in [0.05, 0.1) is 18.6 Å². The molecule has 0 spiro atoms. The Hall–Kier alpha value is -1.88. The summed E-state index contributed by atoms with van der Waals surface area (Å²) in [6.07, 6.45) is 4.45. The zero-order valence-corrected chi connectivity index (χ0v) is 10.8. The number of rotatable bonds is 3. The Morgan fingerprint density at radius 2 is 2.42 bits per heavy atom. The molecule has 0 bridgehead atoms. The molecule has 0 radical (unpaired) electrons. The molecule has 0 fully saturated rings. The molecule has 0 aliphatic carbocycles. The van der Waals surface area contributed by atoms with Gasteiger partial charge in [0, 0.05) is 37.8 Å². The van der Waals surface area contributed by atoms with Gasteiger partial charge in [-0.1, -0.05) is 0 Å². The van der Waals surface area contributed by atoms with Gasteiger partial charge in [0.15, 0.2) is 0 Å². The molecule has 1 aliphatic rings. The molecule has 1 N–H and O–H groups in total. The van der Waals surface area contributed by atoms with Gasteiger partial charge >= 0.3 is 0 Å². The molecule has 5 heteroatoms. The number of halogens is 1. The molecular formula is C14H16FN3O. The minimum atomic E-state index is -0.225. The number of nitrogens with one attached hydrogen (secondary N) is 1. The van der Waals surface area contributed by atoms with Crippen LogP contribution in [0.25, 0.3) is 0 Å². The lowest BCUT2D eigenvalue weighted by molar-refractivity contribution is 0.251. The average molecular weight is 261 g/mol. The molecule has 1 aliphatic heterocycles. The molecule has 1 aromatic carbocycles. The quantitative estimate of drug-likeness (QED) is 0.920. The topological polar surface area (TPSA) is 39.1 Å². The highest BCUT2D eigenvalue weighted by Crippen LogP contribution is 2.32. The lowest BCUT2D eigenvalue weighted by Gasteiger charge is -2.26. The first-order valence-electron chi connectivity index (χ1n) is 6.35. The normalized spacial score (nSPS) is 17.9. The van der Waals surface area contributed by atoms with Gasteiger partial charge < -0.3 is 14.6 Å². The first-order chi connectivity index (χ1) is 9.24. The fourth-order valence-corrected chi connectivity index (χ4v) is 2.36. The number of benzene rings is 1. The van der Waals surface area contributed by atoms with E-state index in [0.29, 0.717) is 13.2 Å². The third-order valence-corrected chi connectivity index (χ3v) is 3.46.